The van der Waals surface area contributed by atoms with E-state index in [2.05, 4.69) is 29.8 Å². The summed E-state index contributed by atoms with van der Waals surface area (Å²) in [5, 5.41) is 0. The number of aromatic nitrogens is 1. The van der Waals surface area contributed by atoms with Crippen LogP contribution < -0.4 is 4.90 Å². The molecule has 1 aromatic rings. The molecule has 1 aromatic heterocycles. The molecule has 3 heteroatoms. The Morgan fingerprint density at radius 1 is 1.47 bits per heavy atom. The highest BCUT2D eigenvalue weighted by molar-refractivity contribution is 6.17. The molecule has 1 fully saturated rings. The van der Waals surface area contributed by atoms with Crippen molar-refractivity contribution in [2.24, 2.45) is 0 Å². The van der Waals surface area contributed by atoms with Crippen molar-refractivity contribution in [1.29, 1.82) is 0 Å². The Morgan fingerprint density at radius 3 is 2.76 bits per heavy atom. The first-order valence-electron chi connectivity index (χ1n) is 6.54. The number of pyridine rings is 1. The minimum Gasteiger partial charge on any atom is -0.353 e. The SMILES string of the molecule is CCCCN(c1ncc(CCl)cc1C)C1CC1. The molecule has 0 bridgehead atoms. The van der Waals surface area contributed by atoms with Crippen LogP contribution in [0, 0.1) is 6.92 Å². The zero-order chi connectivity index (χ0) is 12.3. The molecule has 0 aliphatic heterocycles. The summed E-state index contributed by atoms with van der Waals surface area (Å²) >= 11 is 5.84. The van der Waals surface area contributed by atoms with E-state index in [1.807, 2.05) is 6.20 Å². The Morgan fingerprint density at radius 2 is 2.24 bits per heavy atom. The van der Waals surface area contributed by atoms with E-state index in [1.165, 1.54) is 31.2 Å². The van der Waals surface area contributed by atoms with Crippen LogP contribution in [-0.4, -0.2) is 17.6 Å². The number of rotatable bonds is 6. The molecule has 0 radical (unpaired) electrons. The van der Waals surface area contributed by atoms with Gasteiger partial charge in [-0.2, -0.15) is 0 Å². The van der Waals surface area contributed by atoms with Gasteiger partial charge in [0.25, 0.3) is 0 Å². The second kappa shape index (κ2) is 5.72. The van der Waals surface area contributed by atoms with Gasteiger partial charge in [-0.15, -0.1) is 11.6 Å². The Labute approximate surface area is 109 Å². The van der Waals surface area contributed by atoms with Crippen molar-refractivity contribution in [1.82, 2.24) is 4.98 Å². The van der Waals surface area contributed by atoms with Crippen LogP contribution in [0.1, 0.15) is 43.7 Å². The zero-order valence-electron chi connectivity index (χ0n) is 10.7. The minimum absolute atomic E-state index is 0.548. The molecule has 94 valence electrons. The highest BCUT2D eigenvalue weighted by Crippen LogP contribution is 2.32. The molecule has 1 aliphatic rings. The predicted molar refractivity (Wildman–Crippen MR) is 73.8 cm³/mol. The number of halogens is 1. The van der Waals surface area contributed by atoms with Crippen LogP contribution in [0.25, 0.3) is 0 Å². The number of alkyl halides is 1. The number of nitrogens with zero attached hydrogens (tertiary/aromatic N) is 2. The summed E-state index contributed by atoms with van der Waals surface area (Å²) in [4.78, 5) is 7.09. The third kappa shape index (κ3) is 3.12. The Bertz CT molecular complexity index is 374. The van der Waals surface area contributed by atoms with Crippen LogP contribution in [0.15, 0.2) is 12.3 Å². The standard InChI is InChI=1S/C14H21ClN2/c1-3-4-7-17(13-5-6-13)14-11(2)8-12(9-15)10-16-14/h8,10,13H,3-7,9H2,1-2H3. The summed E-state index contributed by atoms with van der Waals surface area (Å²) in [7, 11) is 0. The van der Waals surface area contributed by atoms with Gasteiger partial charge in [0.05, 0.1) is 0 Å². The highest BCUT2D eigenvalue weighted by atomic mass is 35.5. The smallest absolute Gasteiger partial charge is 0.131 e. The lowest BCUT2D eigenvalue weighted by atomic mass is 10.2. The van der Waals surface area contributed by atoms with E-state index in [4.69, 9.17) is 11.6 Å². The van der Waals surface area contributed by atoms with Crippen LogP contribution in [0.2, 0.25) is 0 Å². The molecule has 0 saturated heterocycles. The van der Waals surface area contributed by atoms with Crippen molar-refractivity contribution in [3.05, 3.63) is 23.4 Å². The molecule has 1 saturated carbocycles. The summed E-state index contributed by atoms with van der Waals surface area (Å²) in [5.41, 5.74) is 2.37. The van der Waals surface area contributed by atoms with E-state index in [-0.39, 0.29) is 0 Å². The van der Waals surface area contributed by atoms with Crippen LogP contribution in [-0.2, 0) is 5.88 Å². The average Bonchev–Trinajstić information content (AvgIpc) is 3.15. The first-order valence-corrected chi connectivity index (χ1v) is 7.07. The van der Waals surface area contributed by atoms with E-state index in [9.17, 15) is 0 Å². The fourth-order valence-corrected chi connectivity index (χ4v) is 2.32. The molecule has 0 unspecified atom stereocenters. The van der Waals surface area contributed by atoms with Crippen LogP contribution >= 0.6 is 11.6 Å². The lowest BCUT2D eigenvalue weighted by molar-refractivity contribution is 0.702. The summed E-state index contributed by atoms with van der Waals surface area (Å²) < 4.78 is 0. The van der Waals surface area contributed by atoms with Crippen molar-refractivity contribution >= 4 is 17.4 Å². The molecule has 0 N–H and O–H groups in total. The second-order valence-corrected chi connectivity index (χ2v) is 5.16. The zero-order valence-corrected chi connectivity index (χ0v) is 11.5. The van der Waals surface area contributed by atoms with Gasteiger partial charge < -0.3 is 4.90 Å². The first-order chi connectivity index (χ1) is 8.26. The van der Waals surface area contributed by atoms with Gasteiger partial charge in [-0.1, -0.05) is 13.3 Å². The van der Waals surface area contributed by atoms with Gasteiger partial charge in [-0.25, -0.2) is 4.98 Å². The number of aryl methyl sites for hydroxylation is 1. The first kappa shape index (κ1) is 12.7. The number of anilines is 1. The van der Waals surface area contributed by atoms with E-state index < -0.39 is 0 Å². The maximum Gasteiger partial charge on any atom is 0.131 e. The van der Waals surface area contributed by atoms with Crippen molar-refractivity contribution in [2.45, 2.75) is 51.5 Å². The average molecular weight is 253 g/mol. The Hall–Kier alpha value is -0.760. The maximum atomic E-state index is 5.84. The summed E-state index contributed by atoms with van der Waals surface area (Å²) in [6.07, 6.45) is 7.04. The molecule has 0 aromatic carbocycles. The largest absolute Gasteiger partial charge is 0.353 e. The van der Waals surface area contributed by atoms with E-state index >= 15 is 0 Å². The molecular weight excluding hydrogens is 232 g/mol. The molecule has 2 nitrogen and oxygen atoms in total. The van der Waals surface area contributed by atoms with Gasteiger partial charge in [0, 0.05) is 24.7 Å². The highest BCUT2D eigenvalue weighted by Gasteiger charge is 2.30. The number of unbranched alkanes of at least 4 members (excludes halogenated alkanes) is 1. The van der Waals surface area contributed by atoms with Gasteiger partial charge >= 0.3 is 0 Å². The van der Waals surface area contributed by atoms with E-state index in [0.29, 0.717) is 5.88 Å². The van der Waals surface area contributed by atoms with Crippen LogP contribution in [0.3, 0.4) is 0 Å². The number of hydrogen-bond acceptors (Lipinski definition) is 2. The van der Waals surface area contributed by atoms with Gasteiger partial charge in [0.2, 0.25) is 0 Å². The topological polar surface area (TPSA) is 16.1 Å². The molecule has 2 rings (SSSR count). The third-order valence-electron chi connectivity index (χ3n) is 3.27. The summed E-state index contributed by atoms with van der Waals surface area (Å²) in [5.74, 6) is 1.71. The molecule has 17 heavy (non-hydrogen) atoms. The lowest BCUT2D eigenvalue weighted by Gasteiger charge is -2.25. The molecular formula is C14H21ClN2. The Balaban J connectivity index is 2.16. The summed E-state index contributed by atoms with van der Waals surface area (Å²) in [6, 6.07) is 2.89. The van der Waals surface area contributed by atoms with Crippen molar-refractivity contribution in [3.8, 4) is 0 Å². The minimum atomic E-state index is 0.548. The normalized spacial score (nSPS) is 15.0. The van der Waals surface area contributed by atoms with Crippen LogP contribution in [0.4, 0.5) is 5.82 Å². The van der Waals surface area contributed by atoms with Gasteiger partial charge in [0.1, 0.15) is 5.82 Å². The van der Waals surface area contributed by atoms with Crippen molar-refractivity contribution < 1.29 is 0 Å². The lowest BCUT2D eigenvalue weighted by Crippen LogP contribution is -2.28. The Kier molecular flexibility index (Phi) is 4.27. The molecule has 1 heterocycles. The fraction of sp³-hybridized carbons (Fsp3) is 0.643. The molecule has 0 amide bonds. The third-order valence-corrected chi connectivity index (χ3v) is 3.58. The van der Waals surface area contributed by atoms with Crippen molar-refractivity contribution in [3.63, 3.8) is 0 Å². The molecule has 0 spiro atoms. The number of hydrogen-bond donors (Lipinski definition) is 0. The quantitative estimate of drug-likeness (QED) is 0.714. The monoisotopic (exact) mass is 252 g/mol. The van der Waals surface area contributed by atoms with Crippen LogP contribution in [0.5, 0.6) is 0 Å². The van der Waals surface area contributed by atoms with E-state index in [1.54, 1.807) is 0 Å². The van der Waals surface area contributed by atoms with Crippen molar-refractivity contribution in [2.75, 3.05) is 11.4 Å². The summed E-state index contributed by atoms with van der Waals surface area (Å²) in [6.45, 7) is 5.51. The van der Waals surface area contributed by atoms with Gasteiger partial charge in [0.15, 0.2) is 0 Å². The molecule has 0 atom stereocenters. The predicted octanol–water partition coefficient (Wildman–Crippen LogP) is 3.90. The second-order valence-electron chi connectivity index (χ2n) is 4.90. The van der Waals surface area contributed by atoms with E-state index in [0.717, 1.165) is 24.0 Å². The maximum absolute atomic E-state index is 5.84. The van der Waals surface area contributed by atoms with Gasteiger partial charge in [-0.3, -0.25) is 0 Å². The molecule has 1 aliphatic carbocycles. The van der Waals surface area contributed by atoms with Gasteiger partial charge in [-0.05, 0) is 43.4 Å². The fourth-order valence-electron chi connectivity index (χ4n) is 2.18.